The summed E-state index contributed by atoms with van der Waals surface area (Å²) in [6.07, 6.45) is 3.04. The second kappa shape index (κ2) is 9.44. The first-order valence-electron chi connectivity index (χ1n) is 9.97. The first kappa shape index (κ1) is 19.3. The summed E-state index contributed by atoms with van der Waals surface area (Å²) in [6, 6.07) is 10.4. The summed E-state index contributed by atoms with van der Waals surface area (Å²) in [6.45, 7) is 8.39. The zero-order chi connectivity index (χ0) is 19.1. The van der Waals surface area contributed by atoms with E-state index in [2.05, 4.69) is 42.6 Å². The second-order valence-corrected chi connectivity index (χ2v) is 6.80. The fourth-order valence-electron chi connectivity index (χ4n) is 3.44. The summed E-state index contributed by atoms with van der Waals surface area (Å²) in [4.78, 5) is 4.69. The molecule has 1 aliphatic heterocycles. The highest BCUT2D eigenvalue weighted by molar-refractivity contribution is 5.80. The summed E-state index contributed by atoms with van der Waals surface area (Å²) in [5.74, 6) is 2.97. The average molecular weight is 370 g/mol. The first-order chi connectivity index (χ1) is 13.2. The lowest BCUT2D eigenvalue weighted by Crippen LogP contribution is -2.41. The Hall–Kier alpha value is -2.50. The molecule has 0 amide bonds. The van der Waals surface area contributed by atoms with Crippen LogP contribution >= 0.6 is 0 Å². The van der Waals surface area contributed by atoms with Crippen LogP contribution in [-0.2, 0) is 6.54 Å². The number of benzene rings is 1. The molecular formula is C21H30N4O2. The second-order valence-electron chi connectivity index (χ2n) is 6.80. The van der Waals surface area contributed by atoms with Crippen LogP contribution in [0.15, 0.2) is 39.8 Å². The van der Waals surface area contributed by atoms with Gasteiger partial charge in [-0.05, 0) is 25.8 Å². The Morgan fingerprint density at radius 2 is 2.07 bits per heavy atom. The minimum absolute atomic E-state index is 0.183. The van der Waals surface area contributed by atoms with Crippen molar-refractivity contribution < 1.29 is 9.26 Å². The first-order valence-corrected chi connectivity index (χ1v) is 9.97. The quantitative estimate of drug-likeness (QED) is 0.566. The highest BCUT2D eigenvalue weighted by Gasteiger charge is 2.22. The summed E-state index contributed by atoms with van der Waals surface area (Å²) in [5, 5.41) is 11.1. The van der Waals surface area contributed by atoms with Crippen LogP contribution in [0.25, 0.3) is 0 Å². The van der Waals surface area contributed by atoms with Gasteiger partial charge in [0.2, 0.25) is 0 Å². The average Bonchev–Trinajstić information content (AvgIpc) is 3.16. The molecule has 1 atom stereocenters. The number of hydrogen-bond donors (Lipinski definition) is 2. The van der Waals surface area contributed by atoms with E-state index in [-0.39, 0.29) is 6.04 Å². The molecular weight excluding hydrogens is 340 g/mol. The largest absolute Gasteiger partial charge is 0.493 e. The SMILES string of the molecule is CCNC(=NCc1cc(C(CC)CC)no1)NC1CCOc2ccccc21. The predicted molar refractivity (Wildman–Crippen MR) is 107 cm³/mol. The highest BCUT2D eigenvalue weighted by atomic mass is 16.5. The molecule has 1 unspecified atom stereocenters. The highest BCUT2D eigenvalue weighted by Crippen LogP contribution is 2.31. The van der Waals surface area contributed by atoms with Crippen LogP contribution in [0.2, 0.25) is 0 Å². The fraction of sp³-hybridized carbons (Fsp3) is 0.524. The van der Waals surface area contributed by atoms with Gasteiger partial charge in [-0.2, -0.15) is 0 Å². The molecule has 1 aromatic heterocycles. The maximum atomic E-state index is 5.75. The molecule has 6 heteroatoms. The van der Waals surface area contributed by atoms with Gasteiger partial charge in [0.15, 0.2) is 11.7 Å². The standard InChI is InChI=1S/C21H30N4O2/c1-4-15(5-2)19-13-16(27-25-19)14-23-21(22-6-3)24-18-11-12-26-20-10-8-7-9-17(18)20/h7-10,13,15,18H,4-6,11-12,14H2,1-3H3,(H2,22,23,24). The third-order valence-corrected chi connectivity index (χ3v) is 4.99. The van der Waals surface area contributed by atoms with Crippen molar-refractivity contribution in [3.63, 3.8) is 0 Å². The summed E-state index contributed by atoms with van der Waals surface area (Å²) >= 11 is 0. The molecule has 0 fully saturated rings. The van der Waals surface area contributed by atoms with Gasteiger partial charge in [-0.15, -0.1) is 0 Å². The van der Waals surface area contributed by atoms with Gasteiger partial charge in [0.1, 0.15) is 12.3 Å². The van der Waals surface area contributed by atoms with Crippen LogP contribution in [0.5, 0.6) is 5.75 Å². The molecule has 3 rings (SSSR count). The molecule has 2 heterocycles. The topological polar surface area (TPSA) is 71.7 Å². The molecule has 0 aliphatic carbocycles. The normalized spacial score (nSPS) is 16.7. The maximum Gasteiger partial charge on any atom is 0.192 e. The van der Waals surface area contributed by atoms with Crippen LogP contribution in [-0.4, -0.2) is 24.3 Å². The van der Waals surface area contributed by atoms with Crippen molar-refractivity contribution in [3.05, 3.63) is 47.3 Å². The van der Waals surface area contributed by atoms with Crippen molar-refractivity contribution in [2.24, 2.45) is 4.99 Å². The van der Waals surface area contributed by atoms with E-state index in [1.165, 1.54) is 5.56 Å². The van der Waals surface area contributed by atoms with Crippen molar-refractivity contribution in [2.75, 3.05) is 13.2 Å². The Labute approximate surface area is 161 Å². The smallest absolute Gasteiger partial charge is 0.192 e. The van der Waals surface area contributed by atoms with Gasteiger partial charge in [0, 0.05) is 30.5 Å². The Morgan fingerprint density at radius 1 is 1.26 bits per heavy atom. The number of nitrogens with zero attached hydrogens (tertiary/aromatic N) is 2. The van der Waals surface area contributed by atoms with Crippen LogP contribution in [0.1, 0.15) is 69.0 Å². The molecule has 0 bridgehead atoms. The molecule has 0 spiro atoms. The summed E-state index contributed by atoms with van der Waals surface area (Å²) < 4.78 is 11.2. The molecule has 27 heavy (non-hydrogen) atoms. The van der Waals surface area contributed by atoms with E-state index >= 15 is 0 Å². The Balaban J connectivity index is 1.69. The number of hydrogen-bond acceptors (Lipinski definition) is 4. The number of rotatable bonds is 7. The molecule has 6 nitrogen and oxygen atoms in total. The van der Waals surface area contributed by atoms with Crippen molar-refractivity contribution in [1.82, 2.24) is 15.8 Å². The fourth-order valence-corrected chi connectivity index (χ4v) is 3.44. The van der Waals surface area contributed by atoms with E-state index in [1.54, 1.807) is 0 Å². The number of aliphatic imine (C=N–C) groups is 1. The summed E-state index contributed by atoms with van der Waals surface area (Å²) in [7, 11) is 0. The van der Waals surface area contributed by atoms with E-state index in [4.69, 9.17) is 14.3 Å². The minimum atomic E-state index is 0.183. The van der Waals surface area contributed by atoms with E-state index in [1.807, 2.05) is 24.3 Å². The van der Waals surface area contributed by atoms with Gasteiger partial charge in [-0.25, -0.2) is 4.99 Å². The lowest BCUT2D eigenvalue weighted by Gasteiger charge is -2.28. The molecule has 0 saturated carbocycles. The van der Waals surface area contributed by atoms with E-state index in [0.717, 1.165) is 49.0 Å². The molecule has 146 valence electrons. The number of nitrogens with one attached hydrogen (secondary N) is 2. The lowest BCUT2D eigenvalue weighted by atomic mass is 9.99. The minimum Gasteiger partial charge on any atom is -0.493 e. The maximum absolute atomic E-state index is 5.75. The number of ether oxygens (including phenoxy) is 1. The number of guanidine groups is 1. The van der Waals surface area contributed by atoms with Crippen molar-refractivity contribution in [2.45, 2.75) is 58.5 Å². The van der Waals surface area contributed by atoms with Crippen LogP contribution in [0.4, 0.5) is 0 Å². The lowest BCUT2D eigenvalue weighted by molar-refractivity contribution is 0.261. The molecule has 0 saturated heterocycles. The van der Waals surface area contributed by atoms with Gasteiger partial charge in [0.25, 0.3) is 0 Å². The molecule has 0 radical (unpaired) electrons. The van der Waals surface area contributed by atoms with Gasteiger partial charge in [-0.3, -0.25) is 0 Å². The Kier molecular flexibility index (Phi) is 6.74. The summed E-state index contributed by atoms with van der Waals surface area (Å²) in [5.41, 5.74) is 2.20. The van der Waals surface area contributed by atoms with Gasteiger partial charge >= 0.3 is 0 Å². The Bertz CT molecular complexity index is 752. The van der Waals surface area contributed by atoms with Crippen LogP contribution < -0.4 is 15.4 Å². The van der Waals surface area contributed by atoms with Crippen LogP contribution in [0, 0.1) is 0 Å². The third-order valence-electron chi connectivity index (χ3n) is 4.99. The zero-order valence-electron chi connectivity index (χ0n) is 16.5. The number of para-hydroxylation sites is 1. The van der Waals surface area contributed by atoms with Gasteiger partial charge in [-0.1, -0.05) is 37.2 Å². The predicted octanol–water partition coefficient (Wildman–Crippen LogP) is 4.16. The molecule has 2 aromatic rings. The van der Waals surface area contributed by atoms with E-state index in [9.17, 15) is 0 Å². The Morgan fingerprint density at radius 3 is 2.85 bits per heavy atom. The van der Waals surface area contributed by atoms with Crippen molar-refractivity contribution >= 4 is 5.96 Å². The third kappa shape index (κ3) is 4.81. The number of aromatic nitrogens is 1. The molecule has 1 aliphatic rings. The molecule has 2 N–H and O–H groups in total. The van der Waals surface area contributed by atoms with Gasteiger partial charge < -0.3 is 19.9 Å². The molecule has 1 aromatic carbocycles. The number of fused-ring (bicyclic) bond motifs is 1. The van der Waals surface area contributed by atoms with E-state index in [0.29, 0.717) is 19.1 Å². The van der Waals surface area contributed by atoms with Crippen molar-refractivity contribution in [1.29, 1.82) is 0 Å². The van der Waals surface area contributed by atoms with Crippen molar-refractivity contribution in [3.8, 4) is 5.75 Å². The van der Waals surface area contributed by atoms with E-state index < -0.39 is 0 Å². The van der Waals surface area contributed by atoms with Gasteiger partial charge in [0.05, 0.1) is 18.3 Å². The van der Waals surface area contributed by atoms with Crippen LogP contribution in [0.3, 0.4) is 0 Å². The zero-order valence-corrected chi connectivity index (χ0v) is 16.5. The monoisotopic (exact) mass is 370 g/mol.